The summed E-state index contributed by atoms with van der Waals surface area (Å²) in [6, 6.07) is 11.2. The van der Waals surface area contributed by atoms with E-state index in [0.717, 1.165) is 6.07 Å². The number of aromatic nitrogens is 2. The number of hydrogen-bond donors (Lipinski definition) is 0. The fourth-order valence-corrected chi connectivity index (χ4v) is 4.70. The number of ketones is 1. The molecule has 0 spiro atoms. The lowest BCUT2D eigenvalue weighted by Crippen LogP contribution is -2.09. The predicted octanol–water partition coefficient (Wildman–Crippen LogP) is 4.68. The molecular weight excluding hydrogens is 415 g/mol. The molecule has 1 atom stereocenters. The van der Waals surface area contributed by atoms with Gasteiger partial charge in [-0.3, -0.25) is 9.00 Å². The molecule has 8 heteroatoms. The van der Waals surface area contributed by atoms with Crippen LogP contribution in [0.25, 0.3) is 0 Å². The number of nitrogens with zero attached hydrogens (tertiary/aromatic N) is 2. The van der Waals surface area contributed by atoms with Crippen LogP contribution in [0.4, 0.5) is 4.39 Å². The fraction of sp³-hybridized carbons (Fsp3) is 0.143. The van der Waals surface area contributed by atoms with Gasteiger partial charge in [-0.2, -0.15) is 0 Å². The van der Waals surface area contributed by atoms with Crippen molar-refractivity contribution < 1.29 is 18.1 Å². The van der Waals surface area contributed by atoms with E-state index < -0.39 is 15.3 Å². The molecule has 0 saturated carbocycles. The standard InChI is InChI=1S/C21H18ClFN2O3S/c1-14(26)20-21(25-10-9-24-20)28-17-8-7-16(19(23)11-17)13-29(2,27)12-15-5-3-4-6-18(15)22/h3-11H,2,12-13H2,1H3. The van der Waals surface area contributed by atoms with Crippen LogP contribution < -0.4 is 4.74 Å². The van der Waals surface area contributed by atoms with Crippen molar-refractivity contribution in [1.29, 1.82) is 0 Å². The van der Waals surface area contributed by atoms with Crippen LogP contribution in [0.3, 0.4) is 0 Å². The third-order valence-electron chi connectivity index (χ3n) is 4.03. The second-order valence-electron chi connectivity index (χ2n) is 6.47. The van der Waals surface area contributed by atoms with Gasteiger partial charge in [-0.15, -0.1) is 0 Å². The van der Waals surface area contributed by atoms with Crippen molar-refractivity contribution in [2.24, 2.45) is 0 Å². The Labute approximate surface area is 173 Å². The quantitative estimate of drug-likeness (QED) is 0.400. The maximum atomic E-state index is 14.6. The molecule has 0 aliphatic heterocycles. The minimum atomic E-state index is -2.65. The molecule has 1 aromatic heterocycles. The van der Waals surface area contributed by atoms with Gasteiger partial charge in [0.05, 0.1) is 0 Å². The van der Waals surface area contributed by atoms with Gasteiger partial charge in [-0.25, -0.2) is 14.4 Å². The zero-order valence-corrected chi connectivity index (χ0v) is 17.2. The SMILES string of the molecule is C=S(=O)(Cc1ccc(Oc2nccnc2C(C)=O)cc1F)Cc1ccccc1Cl. The van der Waals surface area contributed by atoms with Gasteiger partial charge in [-0.05, 0) is 38.7 Å². The number of rotatable bonds is 7. The topological polar surface area (TPSA) is 69.2 Å². The Kier molecular flexibility index (Phi) is 6.30. The van der Waals surface area contributed by atoms with Crippen molar-refractivity contribution in [1.82, 2.24) is 9.97 Å². The molecule has 0 N–H and O–H groups in total. The van der Waals surface area contributed by atoms with Gasteiger partial charge in [0.1, 0.15) is 11.6 Å². The van der Waals surface area contributed by atoms with Crippen LogP contribution in [-0.2, 0) is 21.0 Å². The molecule has 3 rings (SSSR count). The molecule has 5 nitrogen and oxygen atoms in total. The Morgan fingerprint density at radius 2 is 1.83 bits per heavy atom. The maximum Gasteiger partial charge on any atom is 0.249 e. The Hall–Kier alpha value is -2.77. The van der Waals surface area contributed by atoms with Crippen molar-refractivity contribution in [3.8, 4) is 11.6 Å². The number of carbonyl (C=O) groups is 1. The van der Waals surface area contributed by atoms with Crippen LogP contribution in [0.5, 0.6) is 11.6 Å². The van der Waals surface area contributed by atoms with Crippen LogP contribution in [0, 0.1) is 5.82 Å². The second kappa shape index (κ2) is 8.71. The minimum absolute atomic E-state index is 0.00757. The van der Waals surface area contributed by atoms with Crippen LogP contribution in [0.2, 0.25) is 5.02 Å². The smallest absolute Gasteiger partial charge is 0.249 e. The molecule has 0 aliphatic rings. The van der Waals surface area contributed by atoms with Gasteiger partial charge in [-0.1, -0.05) is 35.9 Å². The van der Waals surface area contributed by atoms with Gasteiger partial charge in [0.2, 0.25) is 5.88 Å². The molecule has 29 heavy (non-hydrogen) atoms. The van der Waals surface area contributed by atoms with Gasteiger partial charge in [0.15, 0.2) is 11.5 Å². The summed E-state index contributed by atoms with van der Waals surface area (Å²) >= 11 is 6.12. The summed E-state index contributed by atoms with van der Waals surface area (Å²) in [6.07, 6.45) is 2.75. The number of carbonyl (C=O) groups excluding carboxylic acids is 1. The third-order valence-corrected chi connectivity index (χ3v) is 6.08. The summed E-state index contributed by atoms with van der Waals surface area (Å²) in [4.78, 5) is 19.5. The lowest BCUT2D eigenvalue weighted by molar-refractivity contribution is 0.101. The van der Waals surface area contributed by atoms with E-state index in [9.17, 15) is 13.4 Å². The van der Waals surface area contributed by atoms with E-state index in [1.807, 2.05) is 0 Å². The van der Waals surface area contributed by atoms with Crippen LogP contribution >= 0.6 is 11.6 Å². The first kappa shape index (κ1) is 21.0. The minimum Gasteiger partial charge on any atom is -0.437 e. The number of Topliss-reactive ketones (excluding diaryl/α,β-unsaturated/α-hetero) is 1. The van der Waals surface area contributed by atoms with E-state index in [1.165, 1.54) is 31.5 Å². The average Bonchev–Trinajstić information content (AvgIpc) is 2.66. The molecule has 3 aromatic rings. The number of hydrogen-bond acceptors (Lipinski definition) is 5. The van der Waals surface area contributed by atoms with Gasteiger partial charge in [0, 0.05) is 41.9 Å². The first-order chi connectivity index (χ1) is 13.7. The van der Waals surface area contributed by atoms with E-state index in [4.69, 9.17) is 16.3 Å². The Morgan fingerprint density at radius 3 is 2.52 bits per heavy atom. The summed E-state index contributed by atoms with van der Waals surface area (Å²) in [7, 11) is -2.65. The summed E-state index contributed by atoms with van der Waals surface area (Å²) in [6.45, 7) is 1.34. The van der Waals surface area contributed by atoms with Crippen LogP contribution in [0.15, 0.2) is 54.9 Å². The highest BCUT2D eigenvalue weighted by Gasteiger charge is 2.16. The molecule has 0 aliphatic carbocycles. The highest BCUT2D eigenvalue weighted by atomic mass is 35.5. The Bertz CT molecular complexity index is 1170. The Morgan fingerprint density at radius 1 is 1.14 bits per heavy atom. The number of ether oxygens (including phenoxy) is 1. The van der Waals surface area contributed by atoms with E-state index in [2.05, 4.69) is 15.8 Å². The molecule has 1 heterocycles. The second-order valence-corrected chi connectivity index (χ2v) is 9.38. The van der Waals surface area contributed by atoms with Crippen molar-refractivity contribution in [3.63, 3.8) is 0 Å². The zero-order valence-electron chi connectivity index (χ0n) is 15.6. The van der Waals surface area contributed by atoms with Gasteiger partial charge >= 0.3 is 0 Å². The monoisotopic (exact) mass is 432 g/mol. The average molecular weight is 433 g/mol. The van der Waals surface area contributed by atoms with E-state index in [0.29, 0.717) is 10.6 Å². The zero-order chi connectivity index (χ0) is 21.0. The van der Waals surface area contributed by atoms with Crippen molar-refractivity contribution in [3.05, 3.63) is 82.5 Å². The molecule has 150 valence electrons. The summed E-state index contributed by atoms with van der Waals surface area (Å²) in [5, 5.41) is 0.498. The fourth-order valence-electron chi connectivity index (χ4n) is 2.69. The van der Waals surface area contributed by atoms with Crippen LogP contribution in [0.1, 0.15) is 28.5 Å². The third kappa shape index (κ3) is 5.40. The molecule has 0 amide bonds. The maximum absolute atomic E-state index is 14.6. The molecule has 2 aromatic carbocycles. The lowest BCUT2D eigenvalue weighted by atomic mass is 10.2. The van der Waals surface area contributed by atoms with Crippen molar-refractivity contribution >= 4 is 32.8 Å². The largest absolute Gasteiger partial charge is 0.437 e. The highest BCUT2D eigenvalue weighted by Crippen LogP contribution is 2.26. The normalized spacial score (nSPS) is 12.9. The van der Waals surface area contributed by atoms with Gasteiger partial charge < -0.3 is 4.74 Å². The molecule has 0 bridgehead atoms. The summed E-state index contributed by atoms with van der Waals surface area (Å²) in [5.41, 5.74) is 1.00. The Balaban J connectivity index is 1.78. The molecule has 1 unspecified atom stereocenters. The van der Waals surface area contributed by atoms with E-state index >= 15 is 0 Å². The van der Waals surface area contributed by atoms with Crippen molar-refractivity contribution in [2.75, 3.05) is 0 Å². The lowest BCUT2D eigenvalue weighted by Gasteiger charge is -2.13. The first-order valence-corrected chi connectivity index (χ1v) is 11.0. The molecular formula is C21H18ClFN2O3S. The number of benzene rings is 2. The first-order valence-electron chi connectivity index (χ1n) is 8.59. The molecule has 0 saturated heterocycles. The summed E-state index contributed by atoms with van der Waals surface area (Å²) in [5.74, 6) is 3.11. The van der Waals surface area contributed by atoms with E-state index in [-0.39, 0.29) is 40.2 Å². The molecule has 0 radical (unpaired) electrons. The highest BCUT2D eigenvalue weighted by molar-refractivity contribution is 7.98. The molecule has 0 fully saturated rings. The summed E-state index contributed by atoms with van der Waals surface area (Å²) < 4.78 is 33.0. The number of halogens is 2. The van der Waals surface area contributed by atoms with Crippen molar-refractivity contribution in [2.45, 2.75) is 18.4 Å². The van der Waals surface area contributed by atoms with Gasteiger partial charge in [0.25, 0.3) is 0 Å². The predicted molar refractivity (Wildman–Crippen MR) is 113 cm³/mol. The van der Waals surface area contributed by atoms with Crippen LogP contribution in [-0.4, -0.2) is 25.8 Å². The van der Waals surface area contributed by atoms with E-state index in [1.54, 1.807) is 24.3 Å².